The minimum absolute atomic E-state index is 0.794. The van der Waals surface area contributed by atoms with E-state index in [0.717, 1.165) is 17.1 Å². The summed E-state index contributed by atoms with van der Waals surface area (Å²) in [5.41, 5.74) is 2.80. The van der Waals surface area contributed by atoms with Crippen LogP contribution in [0.3, 0.4) is 0 Å². The highest BCUT2D eigenvalue weighted by molar-refractivity contribution is 5.97. The summed E-state index contributed by atoms with van der Waals surface area (Å²) in [6, 6.07) is 8.53. The molecule has 2 heteroatoms. The second-order valence-corrected chi connectivity index (χ2v) is 3.53. The van der Waals surface area contributed by atoms with E-state index in [-0.39, 0.29) is 0 Å². The van der Waals surface area contributed by atoms with Gasteiger partial charge >= 0.3 is 0 Å². The summed E-state index contributed by atoms with van der Waals surface area (Å²) in [6.45, 7) is 3.00. The first-order chi connectivity index (χ1) is 5.88. The molecule has 1 aromatic carbocycles. The lowest BCUT2D eigenvalue weighted by atomic mass is 10.0. The molecular weight excluding hydrogens is 164 g/mol. The van der Waals surface area contributed by atoms with E-state index in [0.29, 0.717) is 0 Å². The fourth-order valence-corrected chi connectivity index (χ4v) is 1.68. The van der Waals surface area contributed by atoms with E-state index in [2.05, 4.69) is 31.2 Å². The second kappa shape index (κ2) is 5.12. The number of hydrogen-bond acceptors (Lipinski definition) is 1. The Hall–Kier alpha value is -0.603. The third-order valence-corrected chi connectivity index (χ3v) is 2.23. The maximum atomic E-state index is 5.25. The highest BCUT2D eigenvalue weighted by Gasteiger charge is 1.98. The van der Waals surface area contributed by atoms with Gasteiger partial charge in [-0.3, -0.25) is 0 Å². The van der Waals surface area contributed by atoms with Crippen LogP contribution in [0.1, 0.15) is 24.5 Å². The first-order valence-electron chi connectivity index (χ1n) is 4.44. The Morgan fingerprint density at radius 2 is 1.92 bits per heavy atom. The standard InChI is InChI=1S/C10H16OSi/c1-2-5-9-6-3-4-7-10(9)8-11-12/h3-4,6-7H,2,5,8H2,1,12H3. The Balaban J connectivity index is 2.77. The van der Waals surface area contributed by atoms with Gasteiger partial charge in [0.25, 0.3) is 0 Å². The third kappa shape index (κ3) is 2.46. The van der Waals surface area contributed by atoms with Gasteiger partial charge < -0.3 is 4.43 Å². The van der Waals surface area contributed by atoms with Crippen LogP contribution in [-0.2, 0) is 17.5 Å². The van der Waals surface area contributed by atoms with Crippen LogP contribution >= 0.6 is 0 Å². The highest BCUT2D eigenvalue weighted by atomic mass is 28.2. The molecule has 0 aliphatic rings. The van der Waals surface area contributed by atoms with Crippen LogP contribution in [0.15, 0.2) is 24.3 Å². The Morgan fingerprint density at radius 1 is 1.25 bits per heavy atom. The Labute approximate surface area is 77.3 Å². The lowest BCUT2D eigenvalue weighted by Crippen LogP contribution is -1.95. The van der Waals surface area contributed by atoms with Crippen LogP contribution in [0, 0.1) is 0 Å². The van der Waals surface area contributed by atoms with Crippen molar-refractivity contribution in [2.45, 2.75) is 26.4 Å². The summed E-state index contributed by atoms with van der Waals surface area (Å²) in [4.78, 5) is 0. The predicted octanol–water partition coefficient (Wildman–Crippen LogP) is 1.44. The maximum absolute atomic E-state index is 5.25. The van der Waals surface area contributed by atoms with Gasteiger partial charge in [0.05, 0.1) is 6.61 Å². The van der Waals surface area contributed by atoms with Crippen LogP contribution in [0.2, 0.25) is 0 Å². The summed E-state index contributed by atoms with van der Waals surface area (Å²) >= 11 is 0. The van der Waals surface area contributed by atoms with Gasteiger partial charge in [0, 0.05) is 0 Å². The maximum Gasteiger partial charge on any atom is 0.146 e. The average molecular weight is 180 g/mol. The molecule has 0 aliphatic heterocycles. The van der Waals surface area contributed by atoms with Gasteiger partial charge in [-0.1, -0.05) is 37.6 Å². The van der Waals surface area contributed by atoms with E-state index in [4.69, 9.17) is 4.43 Å². The largest absolute Gasteiger partial charge is 0.424 e. The number of benzene rings is 1. The van der Waals surface area contributed by atoms with Gasteiger partial charge in [-0.2, -0.15) is 0 Å². The third-order valence-electron chi connectivity index (χ3n) is 1.94. The molecule has 0 radical (unpaired) electrons. The van der Waals surface area contributed by atoms with Gasteiger partial charge in [0.2, 0.25) is 0 Å². The predicted molar refractivity (Wildman–Crippen MR) is 55.2 cm³/mol. The molecule has 0 bridgehead atoms. The molecule has 0 N–H and O–H groups in total. The van der Waals surface area contributed by atoms with Crippen molar-refractivity contribution in [2.75, 3.05) is 0 Å². The molecule has 0 aromatic heterocycles. The Morgan fingerprint density at radius 3 is 2.50 bits per heavy atom. The Kier molecular flexibility index (Phi) is 4.04. The zero-order valence-corrected chi connectivity index (χ0v) is 9.84. The van der Waals surface area contributed by atoms with E-state index in [9.17, 15) is 0 Å². The van der Waals surface area contributed by atoms with E-state index >= 15 is 0 Å². The average Bonchev–Trinajstić information content (AvgIpc) is 2.09. The SMILES string of the molecule is CCCc1ccccc1CO[SiH3]. The van der Waals surface area contributed by atoms with Crippen molar-refractivity contribution < 1.29 is 4.43 Å². The van der Waals surface area contributed by atoms with Gasteiger partial charge in [0.15, 0.2) is 0 Å². The summed E-state index contributed by atoms with van der Waals surface area (Å²) in [6.07, 6.45) is 2.37. The van der Waals surface area contributed by atoms with Crippen molar-refractivity contribution in [1.29, 1.82) is 0 Å². The fourth-order valence-electron chi connectivity index (χ4n) is 1.37. The minimum atomic E-state index is 0.794. The summed E-state index contributed by atoms with van der Waals surface area (Å²) in [5, 5.41) is 0. The van der Waals surface area contributed by atoms with Crippen LogP contribution in [0.25, 0.3) is 0 Å². The topological polar surface area (TPSA) is 9.23 Å². The molecular formula is C10H16OSi. The summed E-state index contributed by atoms with van der Waals surface area (Å²) < 4.78 is 5.25. The van der Waals surface area contributed by atoms with E-state index in [1.54, 1.807) is 0 Å². The molecule has 0 spiro atoms. The van der Waals surface area contributed by atoms with E-state index in [1.807, 2.05) is 0 Å². The second-order valence-electron chi connectivity index (χ2n) is 2.95. The first kappa shape index (κ1) is 9.48. The lowest BCUT2D eigenvalue weighted by Gasteiger charge is -2.06. The van der Waals surface area contributed by atoms with Crippen LogP contribution in [0.5, 0.6) is 0 Å². The van der Waals surface area contributed by atoms with Crippen LogP contribution in [-0.4, -0.2) is 10.5 Å². The van der Waals surface area contributed by atoms with Crippen molar-refractivity contribution >= 4 is 10.5 Å². The molecule has 0 aliphatic carbocycles. The molecule has 0 saturated carbocycles. The van der Waals surface area contributed by atoms with Gasteiger partial charge in [-0.25, -0.2) is 0 Å². The normalized spacial score (nSPS) is 10.4. The van der Waals surface area contributed by atoms with Crippen molar-refractivity contribution in [2.24, 2.45) is 0 Å². The lowest BCUT2D eigenvalue weighted by molar-refractivity contribution is 0.337. The van der Waals surface area contributed by atoms with Crippen molar-refractivity contribution in [1.82, 2.24) is 0 Å². The van der Waals surface area contributed by atoms with Crippen molar-refractivity contribution in [3.63, 3.8) is 0 Å². The van der Waals surface area contributed by atoms with E-state index in [1.165, 1.54) is 24.0 Å². The molecule has 0 fully saturated rings. The molecule has 1 aromatic rings. The number of hydrogen-bond donors (Lipinski definition) is 0. The molecule has 1 rings (SSSR count). The number of rotatable bonds is 4. The molecule has 0 heterocycles. The molecule has 0 atom stereocenters. The van der Waals surface area contributed by atoms with Gasteiger partial charge in [-0.05, 0) is 17.5 Å². The Bertz CT molecular complexity index is 210. The first-order valence-corrected chi connectivity index (χ1v) is 5.25. The highest BCUT2D eigenvalue weighted by Crippen LogP contribution is 2.11. The van der Waals surface area contributed by atoms with Crippen molar-refractivity contribution in [3.05, 3.63) is 35.4 Å². The zero-order valence-electron chi connectivity index (χ0n) is 7.84. The van der Waals surface area contributed by atoms with E-state index < -0.39 is 0 Å². The molecule has 66 valence electrons. The van der Waals surface area contributed by atoms with Crippen LogP contribution in [0.4, 0.5) is 0 Å². The smallest absolute Gasteiger partial charge is 0.146 e. The minimum Gasteiger partial charge on any atom is -0.424 e. The molecule has 0 saturated heterocycles. The molecule has 0 amide bonds. The summed E-state index contributed by atoms with van der Waals surface area (Å²) in [7, 11) is 0.826. The number of aryl methyl sites for hydroxylation is 1. The van der Waals surface area contributed by atoms with Gasteiger partial charge in [-0.15, -0.1) is 0 Å². The monoisotopic (exact) mass is 180 g/mol. The summed E-state index contributed by atoms with van der Waals surface area (Å²) in [5.74, 6) is 0. The van der Waals surface area contributed by atoms with Crippen molar-refractivity contribution in [3.8, 4) is 0 Å². The quantitative estimate of drug-likeness (QED) is 0.637. The zero-order chi connectivity index (χ0) is 8.81. The fraction of sp³-hybridized carbons (Fsp3) is 0.400. The molecule has 0 unspecified atom stereocenters. The molecule has 1 nitrogen and oxygen atoms in total. The molecule has 12 heavy (non-hydrogen) atoms. The van der Waals surface area contributed by atoms with Gasteiger partial charge in [0.1, 0.15) is 10.5 Å². The van der Waals surface area contributed by atoms with Crippen LogP contribution < -0.4 is 0 Å².